The third-order valence-corrected chi connectivity index (χ3v) is 12.2. The lowest BCUT2D eigenvalue weighted by Crippen LogP contribution is -2.52. The average molecular weight is 720 g/mol. The smallest absolute Gasteiger partial charge is 0.308 e. The predicted octanol–water partition coefficient (Wildman–Crippen LogP) is 7.42. The molecule has 6 atom stereocenters. The van der Waals surface area contributed by atoms with Crippen LogP contribution in [0.2, 0.25) is 0 Å². The van der Waals surface area contributed by atoms with Gasteiger partial charge in [0.2, 0.25) is 5.82 Å². The number of ether oxygens (including phenoxy) is 1. The van der Waals surface area contributed by atoms with Crippen molar-refractivity contribution in [2.75, 3.05) is 12.4 Å². The monoisotopic (exact) mass is 719 g/mol. The van der Waals surface area contributed by atoms with E-state index in [1.165, 1.54) is 12.3 Å². The van der Waals surface area contributed by atoms with Gasteiger partial charge in [-0.3, -0.25) is 4.79 Å². The Morgan fingerprint density at radius 3 is 2.13 bits per heavy atom. The van der Waals surface area contributed by atoms with Crippen LogP contribution in [0.4, 0.5) is 10.2 Å². The van der Waals surface area contributed by atoms with Gasteiger partial charge in [0.1, 0.15) is 22.6 Å². The number of methoxy groups -OCH3 is 1. The minimum Gasteiger partial charge on any atom is -0.481 e. The molecule has 4 aliphatic carbocycles. The number of nitrogens with one attached hydrogen (secondary N) is 1. The number of benzene rings is 3. The zero-order chi connectivity index (χ0) is 36.6. The molecule has 2 unspecified atom stereocenters. The molecule has 0 saturated heterocycles. The SMILES string of the molecule is COCc1ccc2c(N[C@@H]3[C@@H](C(=O)O)[C@H]4CC[C@@H]3C3CC34)nc(-c3nn(C(c4ccccc4)(c4ccccc4)c4ccccc4)c4ncc(F)cc34)nn12. The van der Waals surface area contributed by atoms with E-state index in [1.807, 2.05) is 71.4 Å². The molecule has 54 heavy (non-hydrogen) atoms. The van der Waals surface area contributed by atoms with Gasteiger partial charge in [0, 0.05) is 13.2 Å². The average Bonchev–Trinajstić information content (AvgIpc) is 3.82. The van der Waals surface area contributed by atoms with Crippen molar-refractivity contribution in [2.24, 2.45) is 29.6 Å². The molecule has 11 heteroatoms. The van der Waals surface area contributed by atoms with Gasteiger partial charge in [0.15, 0.2) is 11.5 Å². The van der Waals surface area contributed by atoms with Crippen molar-refractivity contribution in [1.29, 1.82) is 0 Å². The number of aromatic nitrogens is 6. The lowest BCUT2D eigenvalue weighted by Gasteiger charge is -2.46. The molecule has 11 rings (SSSR count). The number of aliphatic carboxylic acids is 1. The molecule has 4 fully saturated rings. The number of hydrogen-bond acceptors (Lipinski definition) is 7. The van der Waals surface area contributed by atoms with E-state index in [0.717, 1.165) is 41.6 Å². The summed E-state index contributed by atoms with van der Waals surface area (Å²) < 4.78 is 24.6. The van der Waals surface area contributed by atoms with Crippen LogP contribution >= 0.6 is 0 Å². The molecule has 3 aromatic carbocycles. The number of nitrogens with zero attached hydrogens (tertiary/aromatic N) is 6. The van der Waals surface area contributed by atoms with Crippen LogP contribution in [-0.2, 0) is 21.7 Å². The van der Waals surface area contributed by atoms with E-state index in [9.17, 15) is 9.90 Å². The number of pyridine rings is 1. The fourth-order valence-corrected chi connectivity index (χ4v) is 9.94. The van der Waals surface area contributed by atoms with Crippen LogP contribution in [0.5, 0.6) is 0 Å². The van der Waals surface area contributed by atoms with E-state index in [2.05, 4.69) is 41.7 Å². The molecular formula is C43H38FN7O3. The normalized spacial score (nSPS) is 23.1. The number of carbonyl (C=O) groups is 1. The van der Waals surface area contributed by atoms with E-state index >= 15 is 4.39 Å². The molecule has 4 heterocycles. The van der Waals surface area contributed by atoms with Crippen molar-refractivity contribution in [3.8, 4) is 11.5 Å². The molecule has 0 radical (unpaired) electrons. The van der Waals surface area contributed by atoms with Crippen molar-refractivity contribution in [3.63, 3.8) is 0 Å². The van der Waals surface area contributed by atoms with Crippen LogP contribution in [-0.4, -0.2) is 53.6 Å². The second kappa shape index (κ2) is 12.6. The highest BCUT2D eigenvalue weighted by Gasteiger charge is 2.63. The Kier molecular flexibility index (Phi) is 7.62. The highest BCUT2D eigenvalue weighted by molar-refractivity contribution is 5.90. The van der Waals surface area contributed by atoms with Crippen molar-refractivity contribution in [1.82, 2.24) is 29.4 Å². The molecule has 10 nitrogen and oxygen atoms in total. The van der Waals surface area contributed by atoms with Gasteiger partial charge in [-0.25, -0.2) is 23.6 Å². The third-order valence-electron chi connectivity index (χ3n) is 12.2. The highest BCUT2D eigenvalue weighted by Crippen LogP contribution is 2.64. The predicted molar refractivity (Wildman–Crippen MR) is 201 cm³/mol. The van der Waals surface area contributed by atoms with Crippen molar-refractivity contribution >= 4 is 28.3 Å². The van der Waals surface area contributed by atoms with Gasteiger partial charge < -0.3 is 15.2 Å². The summed E-state index contributed by atoms with van der Waals surface area (Å²) in [7, 11) is 1.63. The molecule has 7 aromatic rings. The Morgan fingerprint density at radius 2 is 1.50 bits per heavy atom. The fourth-order valence-electron chi connectivity index (χ4n) is 9.94. The number of rotatable bonds is 10. The largest absolute Gasteiger partial charge is 0.481 e. The molecule has 270 valence electrons. The number of halogens is 1. The Bertz CT molecular complexity index is 2430. The molecule has 4 aliphatic rings. The Labute approximate surface area is 310 Å². The summed E-state index contributed by atoms with van der Waals surface area (Å²) in [5.41, 5.74) is 4.02. The molecule has 0 amide bonds. The van der Waals surface area contributed by atoms with Crippen LogP contribution in [0, 0.1) is 35.4 Å². The van der Waals surface area contributed by atoms with Gasteiger partial charge in [-0.15, -0.1) is 5.10 Å². The summed E-state index contributed by atoms with van der Waals surface area (Å²) in [5.74, 6) is 0.400. The van der Waals surface area contributed by atoms with Crippen LogP contribution in [0.1, 0.15) is 41.6 Å². The van der Waals surface area contributed by atoms with Crippen LogP contribution in [0.25, 0.3) is 28.1 Å². The summed E-state index contributed by atoms with van der Waals surface area (Å²) in [6.45, 7) is 0.282. The fraction of sp³-hybridized carbons (Fsp3) is 0.279. The van der Waals surface area contributed by atoms with Gasteiger partial charge >= 0.3 is 5.97 Å². The van der Waals surface area contributed by atoms with Gasteiger partial charge in [-0.1, -0.05) is 91.0 Å². The topological polar surface area (TPSA) is 119 Å². The van der Waals surface area contributed by atoms with Crippen LogP contribution in [0.15, 0.2) is 115 Å². The minimum absolute atomic E-state index is 0.152. The summed E-state index contributed by atoms with van der Waals surface area (Å²) in [6.07, 6.45) is 4.25. The zero-order valence-electron chi connectivity index (χ0n) is 29.6. The van der Waals surface area contributed by atoms with Gasteiger partial charge in [-0.2, -0.15) is 5.10 Å². The first-order valence-electron chi connectivity index (χ1n) is 18.6. The van der Waals surface area contributed by atoms with E-state index in [4.69, 9.17) is 24.9 Å². The van der Waals surface area contributed by atoms with Gasteiger partial charge in [0.05, 0.1) is 29.8 Å². The van der Waals surface area contributed by atoms with Crippen molar-refractivity contribution < 1.29 is 19.0 Å². The van der Waals surface area contributed by atoms with Crippen molar-refractivity contribution in [2.45, 2.75) is 37.5 Å². The second-order valence-corrected chi connectivity index (χ2v) is 14.9. The summed E-state index contributed by atoms with van der Waals surface area (Å²) in [6, 6.07) is 35.4. The Morgan fingerprint density at radius 1 is 0.870 bits per heavy atom. The molecule has 2 N–H and O–H groups in total. The summed E-state index contributed by atoms with van der Waals surface area (Å²) in [5, 5.41) is 25.0. The quantitative estimate of drug-likeness (QED) is 0.140. The van der Waals surface area contributed by atoms with E-state index < -0.39 is 23.2 Å². The van der Waals surface area contributed by atoms with Gasteiger partial charge in [0.25, 0.3) is 0 Å². The highest BCUT2D eigenvalue weighted by atomic mass is 19.1. The number of hydrogen-bond donors (Lipinski definition) is 2. The lowest BCUT2D eigenvalue weighted by atomic mass is 9.61. The van der Waals surface area contributed by atoms with Crippen LogP contribution in [0.3, 0.4) is 0 Å². The zero-order valence-corrected chi connectivity index (χ0v) is 29.6. The third kappa shape index (κ3) is 4.91. The van der Waals surface area contributed by atoms with Crippen molar-refractivity contribution in [3.05, 3.63) is 144 Å². The van der Waals surface area contributed by atoms with E-state index in [-0.39, 0.29) is 30.3 Å². The van der Waals surface area contributed by atoms with Gasteiger partial charge in [-0.05, 0) is 77.8 Å². The number of fused-ring (bicyclic) bond motifs is 4. The minimum atomic E-state index is -1.04. The second-order valence-electron chi connectivity index (χ2n) is 14.9. The number of carboxylic acid groups (broad SMARTS) is 1. The Hall–Kier alpha value is -5.94. The molecule has 2 bridgehead atoms. The maximum Gasteiger partial charge on any atom is 0.308 e. The molecule has 4 aromatic heterocycles. The number of carboxylic acids is 1. The lowest BCUT2D eigenvalue weighted by molar-refractivity contribution is -0.148. The standard InChI is InChI=1S/C43H38FN7O3/c1-54-24-29-17-20-35-39(46-37-31-19-18-30(32-22-33(31)32)36(37)42(52)53)47-40(49-50(29)35)38-34-21-28(44)23-45-41(34)51(48-38)43(25-11-5-2-6-12-25,26-13-7-3-8-14-26)27-15-9-4-10-16-27/h2-17,20-21,23,30-33,36-37H,18-19,22,24H2,1H3,(H,52,53)(H,46,47,49)/t30-,31+,32?,33?,36-,37-/m0/s1. The first-order chi connectivity index (χ1) is 26.5. The first kappa shape index (κ1) is 32.7. The molecule has 0 spiro atoms. The van der Waals surface area contributed by atoms with E-state index in [0.29, 0.717) is 39.9 Å². The van der Waals surface area contributed by atoms with Crippen LogP contribution < -0.4 is 5.32 Å². The maximum atomic E-state index is 15.4. The maximum absolute atomic E-state index is 15.4. The molecular weight excluding hydrogens is 682 g/mol. The number of anilines is 1. The Balaban J connectivity index is 1.23. The first-order valence-corrected chi connectivity index (χ1v) is 18.6. The summed E-state index contributed by atoms with van der Waals surface area (Å²) >= 11 is 0. The summed E-state index contributed by atoms with van der Waals surface area (Å²) in [4.78, 5) is 22.7. The molecule has 0 aliphatic heterocycles. The molecule has 4 saturated carbocycles. The van der Waals surface area contributed by atoms with E-state index in [1.54, 1.807) is 11.6 Å².